The van der Waals surface area contributed by atoms with Gasteiger partial charge in [-0.25, -0.2) is 0 Å². The second kappa shape index (κ2) is 17.3. The van der Waals surface area contributed by atoms with Gasteiger partial charge in [-0.15, -0.1) is 0 Å². The molecule has 0 aliphatic carbocycles. The van der Waals surface area contributed by atoms with E-state index in [4.69, 9.17) is 11.9 Å². The van der Waals surface area contributed by atoms with Gasteiger partial charge in [-0.2, -0.15) is 0 Å². The van der Waals surface area contributed by atoms with E-state index >= 15 is 0 Å². The quantitative estimate of drug-likeness (QED) is 0.270. The van der Waals surface area contributed by atoms with Gasteiger partial charge in [0, 0.05) is 6.42 Å². The first kappa shape index (κ1) is 20.2. The molecule has 0 radical (unpaired) electrons. The predicted octanol–water partition coefficient (Wildman–Crippen LogP) is 6.50. The number of halogens is 1. The SMILES string of the molecule is CCCCC/C=C\C/C=C\CCCCCCCC(=O)OCl. The molecule has 0 saturated heterocycles. The first-order valence-corrected chi connectivity index (χ1v) is 8.73. The molecule has 0 N–H and O–H groups in total. The zero-order valence-corrected chi connectivity index (χ0v) is 14.2. The van der Waals surface area contributed by atoms with Gasteiger partial charge >= 0.3 is 5.97 Å². The van der Waals surface area contributed by atoms with E-state index in [1.807, 2.05) is 0 Å². The van der Waals surface area contributed by atoms with E-state index in [2.05, 4.69) is 35.5 Å². The maximum absolute atomic E-state index is 10.8. The summed E-state index contributed by atoms with van der Waals surface area (Å²) in [5, 5.41) is 0. The van der Waals surface area contributed by atoms with Crippen molar-refractivity contribution in [1.29, 1.82) is 0 Å². The summed E-state index contributed by atoms with van der Waals surface area (Å²) in [7, 11) is 0. The van der Waals surface area contributed by atoms with Crippen LogP contribution in [0.4, 0.5) is 0 Å². The lowest BCUT2D eigenvalue weighted by atomic mass is 10.1. The molecule has 0 fully saturated rings. The third-order valence-electron chi connectivity index (χ3n) is 3.42. The number of hydrogen-bond acceptors (Lipinski definition) is 2. The van der Waals surface area contributed by atoms with Gasteiger partial charge in [0.1, 0.15) is 11.9 Å². The van der Waals surface area contributed by atoms with Crippen LogP contribution in [0.3, 0.4) is 0 Å². The Bertz CT molecular complexity index is 285. The average Bonchev–Trinajstić information content (AvgIpc) is 2.50. The van der Waals surface area contributed by atoms with Crippen LogP contribution in [-0.2, 0) is 9.08 Å². The molecule has 0 aromatic carbocycles. The Morgan fingerprint density at radius 1 is 0.857 bits per heavy atom. The summed E-state index contributed by atoms with van der Waals surface area (Å²) >= 11 is 4.96. The fourth-order valence-electron chi connectivity index (χ4n) is 2.12. The summed E-state index contributed by atoms with van der Waals surface area (Å²) < 4.78 is 4.09. The molecular formula is C18H31ClO2. The lowest BCUT2D eigenvalue weighted by molar-refractivity contribution is -0.134. The molecule has 0 heterocycles. The van der Waals surface area contributed by atoms with Crippen LogP contribution in [-0.4, -0.2) is 5.97 Å². The molecule has 0 bridgehead atoms. The third kappa shape index (κ3) is 17.2. The monoisotopic (exact) mass is 314 g/mol. The molecule has 0 unspecified atom stereocenters. The normalized spacial score (nSPS) is 11.5. The molecule has 2 nitrogen and oxygen atoms in total. The Kier molecular flexibility index (Phi) is 16.7. The molecule has 0 aromatic rings. The Balaban J connectivity index is 3.20. The van der Waals surface area contributed by atoms with Crippen LogP contribution in [0.15, 0.2) is 24.3 Å². The molecular weight excluding hydrogens is 284 g/mol. The number of carbonyl (C=O) groups is 1. The molecule has 3 heteroatoms. The summed E-state index contributed by atoms with van der Waals surface area (Å²) in [6, 6.07) is 0. The van der Waals surface area contributed by atoms with Crippen molar-refractivity contribution in [3.8, 4) is 0 Å². The summed E-state index contributed by atoms with van der Waals surface area (Å²) in [6.45, 7) is 2.24. The highest BCUT2D eigenvalue weighted by atomic mass is 35.5. The van der Waals surface area contributed by atoms with Gasteiger partial charge in [-0.05, 0) is 38.5 Å². The summed E-state index contributed by atoms with van der Waals surface area (Å²) in [5.41, 5.74) is 0. The van der Waals surface area contributed by atoms with Crippen molar-refractivity contribution in [2.75, 3.05) is 0 Å². The maximum atomic E-state index is 10.8. The lowest BCUT2D eigenvalue weighted by Gasteiger charge is -1.98. The maximum Gasteiger partial charge on any atom is 0.324 e. The van der Waals surface area contributed by atoms with E-state index in [-0.39, 0.29) is 5.97 Å². The highest BCUT2D eigenvalue weighted by Gasteiger charge is 2.00. The lowest BCUT2D eigenvalue weighted by Crippen LogP contribution is -1.95. The molecule has 0 rings (SSSR count). The predicted molar refractivity (Wildman–Crippen MR) is 91.3 cm³/mol. The van der Waals surface area contributed by atoms with Crippen molar-refractivity contribution in [2.24, 2.45) is 0 Å². The first-order valence-electron chi connectivity index (χ1n) is 8.42. The number of rotatable bonds is 14. The van der Waals surface area contributed by atoms with E-state index in [1.165, 1.54) is 44.9 Å². The van der Waals surface area contributed by atoms with Crippen LogP contribution in [0.1, 0.15) is 84.0 Å². The number of hydrogen-bond donors (Lipinski definition) is 0. The second-order valence-electron chi connectivity index (χ2n) is 5.43. The van der Waals surface area contributed by atoms with Crippen molar-refractivity contribution < 1.29 is 9.08 Å². The zero-order chi connectivity index (χ0) is 15.6. The fraction of sp³-hybridized carbons (Fsp3) is 0.722. The Labute approximate surface area is 135 Å². The minimum absolute atomic E-state index is 0.317. The van der Waals surface area contributed by atoms with Crippen molar-refractivity contribution in [1.82, 2.24) is 0 Å². The Hall–Kier alpha value is -0.760. The van der Waals surface area contributed by atoms with E-state index in [9.17, 15) is 4.79 Å². The minimum atomic E-state index is -0.317. The highest BCUT2D eigenvalue weighted by Crippen LogP contribution is 2.08. The summed E-state index contributed by atoms with van der Waals surface area (Å²) in [5.74, 6) is -0.317. The van der Waals surface area contributed by atoms with Crippen molar-refractivity contribution in [3.63, 3.8) is 0 Å². The van der Waals surface area contributed by atoms with E-state index in [1.54, 1.807) is 0 Å². The smallest absolute Gasteiger partial charge is 0.324 e. The average molecular weight is 315 g/mol. The number of allylic oxidation sites excluding steroid dienone is 4. The van der Waals surface area contributed by atoms with Gasteiger partial charge in [0.25, 0.3) is 0 Å². The Morgan fingerprint density at radius 2 is 1.43 bits per heavy atom. The van der Waals surface area contributed by atoms with Crippen molar-refractivity contribution in [2.45, 2.75) is 84.0 Å². The van der Waals surface area contributed by atoms with Crippen molar-refractivity contribution >= 4 is 17.8 Å². The number of carbonyl (C=O) groups excluding carboxylic acids is 1. The number of unbranched alkanes of at least 4 members (excludes halogenated alkanes) is 8. The van der Waals surface area contributed by atoms with Gasteiger partial charge in [0.05, 0.1) is 0 Å². The largest absolute Gasteiger partial charge is 0.348 e. The summed E-state index contributed by atoms with van der Waals surface area (Å²) in [4.78, 5) is 10.8. The molecule has 21 heavy (non-hydrogen) atoms. The molecule has 0 aliphatic heterocycles. The summed E-state index contributed by atoms with van der Waals surface area (Å²) in [6.07, 6.45) is 22.5. The third-order valence-corrected chi connectivity index (χ3v) is 3.59. The van der Waals surface area contributed by atoms with Crippen LogP contribution in [0.25, 0.3) is 0 Å². The molecule has 0 aliphatic rings. The first-order chi connectivity index (χ1) is 10.3. The van der Waals surface area contributed by atoms with Crippen LogP contribution in [0, 0.1) is 0 Å². The second-order valence-corrected chi connectivity index (χ2v) is 5.58. The molecule has 0 saturated carbocycles. The van der Waals surface area contributed by atoms with E-state index < -0.39 is 0 Å². The van der Waals surface area contributed by atoms with E-state index in [0.717, 1.165) is 25.7 Å². The molecule has 0 amide bonds. The Morgan fingerprint density at radius 3 is 2.05 bits per heavy atom. The minimum Gasteiger partial charge on any atom is -0.348 e. The molecule has 0 spiro atoms. The van der Waals surface area contributed by atoms with Crippen molar-refractivity contribution in [3.05, 3.63) is 24.3 Å². The van der Waals surface area contributed by atoms with Gasteiger partial charge < -0.3 is 4.29 Å². The van der Waals surface area contributed by atoms with Gasteiger partial charge in [0.15, 0.2) is 0 Å². The zero-order valence-electron chi connectivity index (χ0n) is 13.5. The molecule has 0 atom stereocenters. The fourth-order valence-corrected chi connectivity index (χ4v) is 2.20. The highest BCUT2D eigenvalue weighted by molar-refractivity contribution is 6.13. The van der Waals surface area contributed by atoms with Crippen LogP contribution in [0.2, 0.25) is 0 Å². The van der Waals surface area contributed by atoms with Crippen LogP contribution in [0.5, 0.6) is 0 Å². The van der Waals surface area contributed by atoms with E-state index in [0.29, 0.717) is 6.42 Å². The topological polar surface area (TPSA) is 26.3 Å². The van der Waals surface area contributed by atoms with Gasteiger partial charge in [-0.1, -0.05) is 63.3 Å². The van der Waals surface area contributed by atoms with Crippen LogP contribution < -0.4 is 0 Å². The standard InChI is InChI=1S/C18H31ClO2/c1-2-3-4-5-6-7-8-9-10-11-12-13-14-15-16-17-18(20)21-19/h6-7,9-10H,2-5,8,11-17H2,1H3/b7-6-,10-9-. The molecule has 0 aromatic heterocycles. The van der Waals surface area contributed by atoms with Gasteiger partial charge in [-0.3, -0.25) is 4.79 Å². The van der Waals surface area contributed by atoms with Crippen LogP contribution >= 0.6 is 11.9 Å². The molecule has 122 valence electrons. The van der Waals surface area contributed by atoms with Gasteiger partial charge in [0.2, 0.25) is 0 Å².